The highest BCUT2D eigenvalue weighted by Gasteiger charge is 2.15. The summed E-state index contributed by atoms with van der Waals surface area (Å²) in [7, 11) is 0. The highest BCUT2D eigenvalue weighted by atomic mass is 15.0. The fraction of sp³-hybridized carbons (Fsp3) is 0. The second kappa shape index (κ2) is 9.14. The van der Waals surface area contributed by atoms with E-state index in [1.54, 1.807) is 0 Å². The van der Waals surface area contributed by atoms with Crippen LogP contribution in [0, 0.1) is 0 Å². The predicted octanol–water partition coefficient (Wildman–Crippen LogP) is 10.0. The molecule has 8 rings (SSSR count). The van der Waals surface area contributed by atoms with Crippen molar-refractivity contribution < 1.29 is 0 Å². The Kier molecular flexibility index (Phi) is 5.17. The Morgan fingerprint density at radius 3 is 1.57 bits per heavy atom. The van der Waals surface area contributed by atoms with Gasteiger partial charge in [-0.1, -0.05) is 109 Å². The minimum Gasteiger partial charge on any atom is -0.323 e. The van der Waals surface area contributed by atoms with E-state index in [0.29, 0.717) is 0 Å². The molecule has 40 heavy (non-hydrogen) atoms. The van der Waals surface area contributed by atoms with Gasteiger partial charge >= 0.3 is 0 Å². The summed E-state index contributed by atoms with van der Waals surface area (Å²) in [6.45, 7) is 0. The minimum atomic E-state index is 1.17. The molecule has 0 fully saturated rings. The molecule has 0 saturated heterocycles. The molecule has 8 aromatic rings. The molecule has 3 aromatic heterocycles. The van der Waals surface area contributed by atoms with Crippen LogP contribution in [-0.4, -0.2) is 8.97 Å². The maximum atomic E-state index is 2.36. The summed E-state index contributed by atoms with van der Waals surface area (Å²) in [4.78, 5) is 0. The average molecular weight is 511 g/mol. The van der Waals surface area contributed by atoms with Gasteiger partial charge in [0, 0.05) is 40.0 Å². The molecule has 0 aliphatic rings. The van der Waals surface area contributed by atoms with Gasteiger partial charge in [0.15, 0.2) is 0 Å². The highest BCUT2D eigenvalue weighted by Crippen LogP contribution is 2.38. The quantitative estimate of drug-likeness (QED) is 0.223. The Labute approximate surface area is 233 Å². The second-order valence-corrected chi connectivity index (χ2v) is 10.3. The summed E-state index contributed by atoms with van der Waals surface area (Å²) >= 11 is 0. The van der Waals surface area contributed by atoms with E-state index in [4.69, 9.17) is 0 Å². The Balaban J connectivity index is 1.17. The van der Waals surface area contributed by atoms with Crippen LogP contribution in [0.2, 0.25) is 0 Å². The van der Waals surface area contributed by atoms with E-state index >= 15 is 0 Å². The van der Waals surface area contributed by atoms with Crippen molar-refractivity contribution in [1.82, 2.24) is 8.97 Å². The molecule has 2 heteroatoms. The Bertz CT molecular complexity index is 2070. The number of hydrogen-bond acceptors (Lipinski definition) is 0. The summed E-state index contributed by atoms with van der Waals surface area (Å²) < 4.78 is 4.58. The first-order chi connectivity index (χ1) is 19.8. The smallest absolute Gasteiger partial charge is 0.0541 e. The van der Waals surface area contributed by atoms with Crippen molar-refractivity contribution in [2.45, 2.75) is 0 Å². The normalized spacial score (nSPS) is 11.5. The number of para-hydroxylation sites is 2. The molecule has 0 aliphatic heterocycles. The summed E-state index contributed by atoms with van der Waals surface area (Å²) in [5, 5.41) is 2.57. The Morgan fingerprint density at radius 1 is 0.375 bits per heavy atom. The first-order valence-corrected chi connectivity index (χ1v) is 13.7. The van der Waals surface area contributed by atoms with Crippen molar-refractivity contribution in [1.29, 1.82) is 0 Å². The number of aromatic nitrogens is 2. The highest BCUT2D eigenvalue weighted by molar-refractivity contribution is 6.09. The molecular formula is C38H26N2. The molecule has 0 radical (unpaired) electrons. The van der Waals surface area contributed by atoms with Crippen LogP contribution in [0.25, 0.3) is 66.4 Å². The molecule has 2 nitrogen and oxygen atoms in total. The third-order valence-electron chi connectivity index (χ3n) is 7.98. The molecular weight excluding hydrogens is 484 g/mol. The van der Waals surface area contributed by atoms with Gasteiger partial charge < -0.3 is 8.97 Å². The van der Waals surface area contributed by atoms with Gasteiger partial charge in [-0.15, -0.1) is 0 Å². The first kappa shape index (κ1) is 22.6. The maximum absolute atomic E-state index is 2.36. The van der Waals surface area contributed by atoms with Crippen molar-refractivity contribution in [2.75, 3.05) is 0 Å². The van der Waals surface area contributed by atoms with Crippen LogP contribution in [-0.2, 0) is 0 Å². The average Bonchev–Trinajstić information content (AvgIpc) is 3.58. The number of rotatable bonds is 4. The van der Waals surface area contributed by atoms with Gasteiger partial charge in [0.05, 0.1) is 16.6 Å². The van der Waals surface area contributed by atoms with E-state index in [1.807, 2.05) is 0 Å². The van der Waals surface area contributed by atoms with E-state index in [0.717, 1.165) is 0 Å². The number of nitrogens with zero attached hydrogens (tertiary/aromatic N) is 2. The number of benzene rings is 5. The fourth-order valence-corrected chi connectivity index (χ4v) is 6.10. The van der Waals surface area contributed by atoms with Crippen LogP contribution < -0.4 is 0 Å². The first-order valence-electron chi connectivity index (χ1n) is 13.7. The molecule has 0 unspecified atom stereocenters. The van der Waals surface area contributed by atoms with Gasteiger partial charge in [-0.2, -0.15) is 0 Å². The van der Waals surface area contributed by atoms with Crippen LogP contribution in [0.15, 0.2) is 158 Å². The fourth-order valence-electron chi connectivity index (χ4n) is 6.10. The second-order valence-electron chi connectivity index (χ2n) is 10.3. The van der Waals surface area contributed by atoms with Gasteiger partial charge in [-0.05, 0) is 58.7 Å². The van der Waals surface area contributed by atoms with Crippen molar-refractivity contribution in [2.24, 2.45) is 0 Å². The van der Waals surface area contributed by atoms with Crippen molar-refractivity contribution in [3.05, 3.63) is 158 Å². The zero-order valence-electron chi connectivity index (χ0n) is 21.9. The summed E-state index contributed by atoms with van der Waals surface area (Å²) in [5.41, 5.74) is 12.2. The van der Waals surface area contributed by atoms with Crippen LogP contribution in [0.5, 0.6) is 0 Å². The van der Waals surface area contributed by atoms with Gasteiger partial charge in [0.2, 0.25) is 0 Å². The molecule has 3 heterocycles. The molecule has 0 spiro atoms. The molecule has 0 saturated carbocycles. The van der Waals surface area contributed by atoms with Crippen LogP contribution in [0.3, 0.4) is 0 Å². The summed E-state index contributed by atoms with van der Waals surface area (Å²) in [6, 6.07) is 52.3. The van der Waals surface area contributed by atoms with E-state index in [-0.39, 0.29) is 0 Å². The Morgan fingerprint density at radius 2 is 0.900 bits per heavy atom. The topological polar surface area (TPSA) is 9.34 Å². The number of fused-ring (bicyclic) bond motifs is 4. The molecule has 0 N–H and O–H groups in total. The third-order valence-corrected chi connectivity index (χ3v) is 7.98. The predicted molar refractivity (Wildman–Crippen MR) is 168 cm³/mol. The lowest BCUT2D eigenvalue weighted by molar-refractivity contribution is 1.18. The zero-order valence-corrected chi connectivity index (χ0v) is 21.9. The number of pyridine rings is 1. The third kappa shape index (κ3) is 3.58. The lowest BCUT2D eigenvalue weighted by Gasteiger charge is -2.10. The molecule has 0 amide bonds. The van der Waals surface area contributed by atoms with Crippen molar-refractivity contribution in [3.8, 4) is 39.1 Å². The van der Waals surface area contributed by atoms with Crippen LogP contribution in [0.4, 0.5) is 0 Å². The van der Waals surface area contributed by atoms with E-state index in [9.17, 15) is 0 Å². The summed E-state index contributed by atoms with van der Waals surface area (Å²) in [5.74, 6) is 0. The van der Waals surface area contributed by atoms with Crippen molar-refractivity contribution >= 4 is 27.3 Å². The molecule has 0 atom stereocenters. The molecule has 5 aromatic carbocycles. The van der Waals surface area contributed by atoms with Crippen molar-refractivity contribution in [3.63, 3.8) is 0 Å². The SMILES string of the molecule is c1ccc(-c2c(-c3ccc(-c4ccc(-n5c6ccccc6c6ccccc65)cc4)cc3)cn3ccccc23)cc1. The van der Waals surface area contributed by atoms with Crippen LogP contribution in [0.1, 0.15) is 0 Å². The maximum Gasteiger partial charge on any atom is 0.0541 e. The van der Waals surface area contributed by atoms with Gasteiger partial charge in [-0.25, -0.2) is 0 Å². The van der Waals surface area contributed by atoms with E-state index < -0.39 is 0 Å². The van der Waals surface area contributed by atoms with Gasteiger partial charge in [0.1, 0.15) is 0 Å². The monoisotopic (exact) mass is 510 g/mol. The van der Waals surface area contributed by atoms with E-state index in [2.05, 4.69) is 167 Å². The lowest BCUT2D eigenvalue weighted by Crippen LogP contribution is -1.93. The lowest BCUT2D eigenvalue weighted by atomic mass is 9.96. The number of hydrogen-bond donors (Lipinski definition) is 0. The molecule has 0 aliphatic carbocycles. The Hall–Kier alpha value is -5.34. The molecule has 0 bridgehead atoms. The standard InChI is InChI=1S/C38H26N2/c1-2-10-30(11-3-1)38-34(26-39-25-9-8-16-37(38)39)29-19-17-27(18-20-29)28-21-23-31(24-22-28)40-35-14-6-4-12-32(35)33-13-5-7-15-36(33)40/h1-26H. The molecule has 188 valence electrons. The van der Waals surface area contributed by atoms with Crippen LogP contribution >= 0.6 is 0 Å². The largest absolute Gasteiger partial charge is 0.323 e. The zero-order chi connectivity index (χ0) is 26.5. The minimum absolute atomic E-state index is 1.17. The van der Waals surface area contributed by atoms with E-state index in [1.165, 1.54) is 66.4 Å². The summed E-state index contributed by atoms with van der Waals surface area (Å²) in [6.07, 6.45) is 4.37. The van der Waals surface area contributed by atoms with Gasteiger partial charge in [0.25, 0.3) is 0 Å². The van der Waals surface area contributed by atoms with Gasteiger partial charge in [-0.3, -0.25) is 0 Å².